The van der Waals surface area contributed by atoms with Gasteiger partial charge in [0.25, 0.3) is 0 Å². The van der Waals surface area contributed by atoms with E-state index in [4.69, 9.17) is 4.74 Å². The number of unbranched alkanes of at least 4 members (excludes halogenated alkanes) is 1. The van der Waals surface area contributed by atoms with E-state index in [9.17, 15) is 14.7 Å². The summed E-state index contributed by atoms with van der Waals surface area (Å²) in [6, 6.07) is 3.04. The molecule has 0 saturated carbocycles. The molecule has 0 fully saturated rings. The number of nitrogens with one attached hydrogen (secondary N) is 2. The number of carboxylic acid groups (broad SMARTS) is 1. The van der Waals surface area contributed by atoms with Crippen LogP contribution in [0, 0.1) is 0 Å². The van der Waals surface area contributed by atoms with Crippen LogP contribution in [0.2, 0.25) is 0 Å². The van der Waals surface area contributed by atoms with Gasteiger partial charge in [-0.3, -0.25) is 4.79 Å². The summed E-state index contributed by atoms with van der Waals surface area (Å²) < 4.78 is 5.33. The van der Waals surface area contributed by atoms with Crippen LogP contribution >= 0.6 is 0 Å². The third-order valence-corrected chi connectivity index (χ3v) is 3.42. The van der Waals surface area contributed by atoms with E-state index in [1.54, 1.807) is 19.1 Å². The number of hydrogen-bond donors (Lipinski definition) is 3. The molecule has 1 aromatic carbocycles. The third-order valence-electron chi connectivity index (χ3n) is 3.42. The summed E-state index contributed by atoms with van der Waals surface area (Å²) in [5, 5.41) is 15.2. The molecule has 0 aliphatic carbocycles. The molecular formula is C15H20N2O4. The third kappa shape index (κ3) is 3.09. The van der Waals surface area contributed by atoms with Gasteiger partial charge in [-0.1, -0.05) is 19.8 Å². The summed E-state index contributed by atoms with van der Waals surface area (Å²) in [6.45, 7) is 4.20. The largest absolute Gasteiger partial charge is 0.493 e. The van der Waals surface area contributed by atoms with E-state index in [-0.39, 0.29) is 28.9 Å². The van der Waals surface area contributed by atoms with Gasteiger partial charge < -0.3 is 20.5 Å². The average Bonchev–Trinajstić information content (AvgIpc) is 2.45. The zero-order valence-corrected chi connectivity index (χ0v) is 12.2. The molecule has 21 heavy (non-hydrogen) atoms. The molecule has 1 amide bonds. The zero-order valence-electron chi connectivity index (χ0n) is 12.2. The van der Waals surface area contributed by atoms with Gasteiger partial charge in [0.15, 0.2) is 0 Å². The van der Waals surface area contributed by atoms with Gasteiger partial charge in [-0.2, -0.15) is 0 Å². The molecule has 3 N–H and O–H groups in total. The van der Waals surface area contributed by atoms with E-state index in [1.807, 2.05) is 0 Å². The molecule has 0 aromatic heterocycles. The molecule has 0 bridgehead atoms. The number of ether oxygens (including phenoxy) is 1. The Morgan fingerprint density at radius 3 is 2.76 bits per heavy atom. The van der Waals surface area contributed by atoms with Gasteiger partial charge in [-0.15, -0.1) is 0 Å². The predicted octanol–water partition coefficient (Wildman–Crippen LogP) is 2.71. The van der Waals surface area contributed by atoms with Crippen LogP contribution in [0.1, 0.15) is 43.5 Å². The Bertz CT molecular complexity index is 557. The Labute approximate surface area is 123 Å². The number of aromatic carboxylic acids is 1. The van der Waals surface area contributed by atoms with Gasteiger partial charge in [-0.25, -0.2) is 4.79 Å². The standard InChI is InChI=1S/C15H20N2O4/c1-3-5-6-10-14(18)17-13-9(16-10)7-8-11(21-4-2)12(13)15(19)20/h7-8,10,16H,3-6H2,1-2H3,(H,17,18)(H,19,20). The summed E-state index contributed by atoms with van der Waals surface area (Å²) in [6.07, 6.45) is 2.66. The highest BCUT2D eigenvalue weighted by Gasteiger charge is 2.30. The number of anilines is 2. The monoisotopic (exact) mass is 292 g/mol. The second kappa shape index (κ2) is 6.47. The Morgan fingerprint density at radius 1 is 1.38 bits per heavy atom. The minimum absolute atomic E-state index is 0.0101. The van der Waals surface area contributed by atoms with Gasteiger partial charge in [0.1, 0.15) is 17.4 Å². The van der Waals surface area contributed by atoms with E-state index < -0.39 is 5.97 Å². The van der Waals surface area contributed by atoms with Gasteiger partial charge in [-0.05, 0) is 25.5 Å². The van der Waals surface area contributed by atoms with Crippen molar-refractivity contribution in [3.63, 3.8) is 0 Å². The SMILES string of the molecule is CCCCC1Nc2ccc(OCC)c(C(=O)O)c2NC1=O. The van der Waals surface area contributed by atoms with E-state index >= 15 is 0 Å². The smallest absolute Gasteiger partial charge is 0.341 e. The second-order valence-electron chi connectivity index (χ2n) is 4.93. The maximum atomic E-state index is 12.1. The fraction of sp³-hybridized carbons (Fsp3) is 0.467. The number of hydrogen-bond acceptors (Lipinski definition) is 4. The van der Waals surface area contributed by atoms with Crippen molar-refractivity contribution in [3.05, 3.63) is 17.7 Å². The number of amides is 1. The molecule has 6 nitrogen and oxygen atoms in total. The molecule has 1 aliphatic heterocycles. The lowest BCUT2D eigenvalue weighted by molar-refractivity contribution is -0.117. The van der Waals surface area contributed by atoms with Gasteiger partial charge in [0, 0.05) is 0 Å². The molecule has 1 heterocycles. The van der Waals surface area contributed by atoms with Crippen LogP contribution in [0.5, 0.6) is 5.75 Å². The molecule has 1 atom stereocenters. The van der Waals surface area contributed by atoms with Gasteiger partial charge >= 0.3 is 5.97 Å². The van der Waals surface area contributed by atoms with E-state index in [0.29, 0.717) is 12.3 Å². The van der Waals surface area contributed by atoms with Gasteiger partial charge in [0.05, 0.1) is 18.0 Å². The second-order valence-corrected chi connectivity index (χ2v) is 4.93. The van der Waals surface area contributed by atoms with E-state index in [1.165, 1.54) is 0 Å². The van der Waals surface area contributed by atoms with Crippen LogP contribution in [0.25, 0.3) is 0 Å². The molecule has 0 saturated heterocycles. The minimum atomic E-state index is -1.12. The fourth-order valence-corrected chi connectivity index (χ4v) is 2.40. The van der Waals surface area contributed by atoms with Gasteiger partial charge in [0.2, 0.25) is 5.91 Å². The fourth-order valence-electron chi connectivity index (χ4n) is 2.40. The topological polar surface area (TPSA) is 87.7 Å². The summed E-state index contributed by atoms with van der Waals surface area (Å²) in [7, 11) is 0. The van der Waals surface area contributed by atoms with Crippen molar-refractivity contribution in [2.24, 2.45) is 0 Å². The number of carbonyl (C=O) groups is 2. The number of benzene rings is 1. The van der Waals surface area contributed by atoms with Crippen LogP contribution in [-0.2, 0) is 4.79 Å². The summed E-state index contributed by atoms with van der Waals surface area (Å²) >= 11 is 0. The van der Waals surface area contributed by atoms with Crippen molar-refractivity contribution < 1.29 is 19.4 Å². The van der Waals surface area contributed by atoms with Crippen molar-refractivity contribution in [2.45, 2.75) is 39.2 Å². The molecular weight excluding hydrogens is 272 g/mol. The zero-order chi connectivity index (χ0) is 15.4. The van der Waals surface area contributed by atoms with Crippen LogP contribution < -0.4 is 15.4 Å². The lowest BCUT2D eigenvalue weighted by atomic mass is 10.0. The van der Waals surface area contributed by atoms with E-state index in [0.717, 1.165) is 19.3 Å². The molecule has 1 aromatic rings. The molecule has 6 heteroatoms. The Morgan fingerprint density at radius 2 is 2.14 bits per heavy atom. The van der Waals surface area contributed by atoms with Crippen LogP contribution in [0.3, 0.4) is 0 Å². The first-order chi connectivity index (χ1) is 10.1. The molecule has 0 spiro atoms. The van der Waals surface area contributed by atoms with Crippen molar-refractivity contribution in [3.8, 4) is 5.75 Å². The first kappa shape index (κ1) is 15.2. The number of carboxylic acids is 1. The molecule has 1 unspecified atom stereocenters. The molecule has 1 aliphatic rings. The maximum Gasteiger partial charge on any atom is 0.341 e. The minimum Gasteiger partial charge on any atom is -0.493 e. The normalized spacial score (nSPS) is 16.7. The maximum absolute atomic E-state index is 12.1. The Kier molecular flexibility index (Phi) is 4.67. The first-order valence-electron chi connectivity index (χ1n) is 7.19. The van der Waals surface area contributed by atoms with Crippen molar-refractivity contribution in [2.75, 3.05) is 17.2 Å². The van der Waals surface area contributed by atoms with Crippen molar-refractivity contribution >= 4 is 23.3 Å². The average molecular weight is 292 g/mol. The van der Waals surface area contributed by atoms with Crippen LogP contribution in [0.4, 0.5) is 11.4 Å². The van der Waals surface area contributed by atoms with Crippen molar-refractivity contribution in [1.82, 2.24) is 0 Å². The Balaban J connectivity index is 2.37. The number of carbonyl (C=O) groups excluding carboxylic acids is 1. The lowest BCUT2D eigenvalue weighted by Crippen LogP contribution is -2.39. The molecule has 114 valence electrons. The van der Waals surface area contributed by atoms with Crippen LogP contribution in [-0.4, -0.2) is 29.6 Å². The first-order valence-corrected chi connectivity index (χ1v) is 7.19. The highest BCUT2D eigenvalue weighted by atomic mass is 16.5. The number of fused-ring (bicyclic) bond motifs is 1. The highest BCUT2D eigenvalue weighted by Crippen LogP contribution is 2.37. The Hall–Kier alpha value is -2.24. The lowest BCUT2D eigenvalue weighted by Gasteiger charge is -2.28. The summed E-state index contributed by atoms with van der Waals surface area (Å²) in [5.41, 5.74) is 0.895. The van der Waals surface area contributed by atoms with Crippen molar-refractivity contribution in [1.29, 1.82) is 0 Å². The summed E-state index contributed by atoms with van der Waals surface area (Å²) in [4.78, 5) is 23.6. The quantitative estimate of drug-likeness (QED) is 0.750. The molecule has 0 radical (unpaired) electrons. The highest BCUT2D eigenvalue weighted by molar-refractivity contribution is 6.10. The van der Waals surface area contributed by atoms with E-state index in [2.05, 4.69) is 17.6 Å². The summed E-state index contributed by atoms with van der Waals surface area (Å²) in [5.74, 6) is -1.06. The predicted molar refractivity (Wildman–Crippen MR) is 80.1 cm³/mol. The molecule has 2 rings (SSSR count). The van der Waals surface area contributed by atoms with Crippen LogP contribution in [0.15, 0.2) is 12.1 Å². The number of rotatable bonds is 6.